The van der Waals surface area contributed by atoms with E-state index in [-0.39, 0.29) is 5.41 Å². The molecule has 0 aromatic heterocycles. The Morgan fingerprint density at radius 3 is 2.30 bits per heavy atom. The number of urea groups is 1. The van der Waals surface area contributed by atoms with Crippen molar-refractivity contribution < 1.29 is 22.4 Å². The number of carbonyl (C=O) groups excluding carboxylic acids is 1. The van der Waals surface area contributed by atoms with Gasteiger partial charge in [-0.3, -0.25) is 0 Å². The zero-order valence-electron chi connectivity index (χ0n) is 11.4. The van der Waals surface area contributed by atoms with Gasteiger partial charge >= 0.3 is 12.2 Å². The van der Waals surface area contributed by atoms with Crippen LogP contribution >= 0.6 is 0 Å². The van der Waals surface area contributed by atoms with Gasteiger partial charge in [-0.05, 0) is 17.5 Å². The third-order valence-corrected chi connectivity index (χ3v) is 2.33. The molecule has 0 unspecified atom stereocenters. The van der Waals surface area contributed by atoms with Gasteiger partial charge in [0.25, 0.3) is 0 Å². The predicted octanol–water partition coefficient (Wildman–Crippen LogP) is 4.01. The number of carbonyl (C=O) groups is 1. The maximum Gasteiger partial charge on any atom is 0.419 e. The number of hydrogen-bond donors (Lipinski definition) is 2. The first kappa shape index (κ1) is 16.3. The quantitative estimate of drug-likeness (QED) is 0.794. The number of hydrogen-bond acceptors (Lipinski definition) is 1. The SMILES string of the molecule is CC(C)(C)CNC(=O)Nc1cccc(C(F)(F)F)c1F. The van der Waals surface area contributed by atoms with Gasteiger partial charge in [-0.25, -0.2) is 9.18 Å². The summed E-state index contributed by atoms with van der Waals surface area (Å²) in [5.41, 5.74) is -2.11. The van der Waals surface area contributed by atoms with E-state index in [0.29, 0.717) is 12.6 Å². The Labute approximate surface area is 114 Å². The van der Waals surface area contributed by atoms with Crippen molar-refractivity contribution in [2.24, 2.45) is 5.41 Å². The van der Waals surface area contributed by atoms with Crippen molar-refractivity contribution in [3.05, 3.63) is 29.6 Å². The fraction of sp³-hybridized carbons (Fsp3) is 0.462. The zero-order valence-corrected chi connectivity index (χ0v) is 11.4. The van der Waals surface area contributed by atoms with Gasteiger partial charge in [0.15, 0.2) is 5.82 Å². The highest BCUT2D eigenvalue weighted by molar-refractivity contribution is 5.89. The molecule has 0 saturated heterocycles. The number of rotatable bonds is 2. The average molecular weight is 292 g/mol. The lowest BCUT2D eigenvalue weighted by atomic mass is 9.97. The van der Waals surface area contributed by atoms with E-state index < -0.39 is 29.3 Å². The molecule has 0 atom stereocenters. The van der Waals surface area contributed by atoms with Crippen molar-refractivity contribution in [3.63, 3.8) is 0 Å². The Morgan fingerprint density at radius 1 is 1.20 bits per heavy atom. The lowest BCUT2D eigenvalue weighted by Crippen LogP contribution is -2.35. The fourth-order valence-corrected chi connectivity index (χ4v) is 1.36. The minimum Gasteiger partial charge on any atom is -0.337 e. The Bertz CT molecular complexity index is 492. The summed E-state index contributed by atoms with van der Waals surface area (Å²) >= 11 is 0. The van der Waals surface area contributed by atoms with Crippen LogP contribution in [-0.4, -0.2) is 12.6 Å². The van der Waals surface area contributed by atoms with E-state index in [1.54, 1.807) is 0 Å². The summed E-state index contributed by atoms with van der Waals surface area (Å²) in [4.78, 5) is 11.5. The molecule has 7 heteroatoms. The number of nitrogens with one attached hydrogen (secondary N) is 2. The maximum absolute atomic E-state index is 13.6. The van der Waals surface area contributed by atoms with Crippen LogP contribution in [0.5, 0.6) is 0 Å². The van der Waals surface area contributed by atoms with Crippen LogP contribution in [0, 0.1) is 11.2 Å². The second-order valence-corrected chi connectivity index (χ2v) is 5.53. The minimum atomic E-state index is -4.80. The molecule has 0 radical (unpaired) electrons. The molecule has 0 heterocycles. The highest BCUT2D eigenvalue weighted by Gasteiger charge is 2.35. The molecular weight excluding hydrogens is 276 g/mol. The molecule has 0 aliphatic rings. The summed E-state index contributed by atoms with van der Waals surface area (Å²) in [6, 6.07) is 1.97. The summed E-state index contributed by atoms with van der Waals surface area (Å²) in [6.45, 7) is 5.92. The molecule has 1 aromatic rings. The molecule has 0 fully saturated rings. The van der Waals surface area contributed by atoms with Gasteiger partial charge in [-0.2, -0.15) is 13.2 Å². The van der Waals surface area contributed by atoms with E-state index in [0.717, 1.165) is 12.1 Å². The van der Waals surface area contributed by atoms with Crippen molar-refractivity contribution in [3.8, 4) is 0 Å². The van der Waals surface area contributed by atoms with Crippen LogP contribution in [0.1, 0.15) is 26.3 Å². The Morgan fingerprint density at radius 2 is 1.80 bits per heavy atom. The van der Waals surface area contributed by atoms with Gasteiger partial charge in [0.1, 0.15) is 0 Å². The molecule has 0 bridgehead atoms. The van der Waals surface area contributed by atoms with Crippen LogP contribution in [0.3, 0.4) is 0 Å². The number of amides is 2. The minimum absolute atomic E-state index is 0.191. The molecule has 0 aliphatic heterocycles. The van der Waals surface area contributed by atoms with E-state index >= 15 is 0 Å². The Hall–Kier alpha value is -1.79. The van der Waals surface area contributed by atoms with Crippen LogP contribution in [-0.2, 0) is 6.18 Å². The molecule has 20 heavy (non-hydrogen) atoms. The van der Waals surface area contributed by atoms with Crippen molar-refractivity contribution >= 4 is 11.7 Å². The van der Waals surface area contributed by atoms with Crippen LogP contribution in [0.4, 0.5) is 28.0 Å². The molecule has 112 valence electrons. The van der Waals surface area contributed by atoms with Crippen molar-refractivity contribution in [2.75, 3.05) is 11.9 Å². The largest absolute Gasteiger partial charge is 0.419 e. The Balaban J connectivity index is 2.81. The predicted molar refractivity (Wildman–Crippen MR) is 67.9 cm³/mol. The highest BCUT2D eigenvalue weighted by atomic mass is 19.4. The van der Waals surface area contributed by atoms with Crippen LogP contribution in [0.15, 0.2) is 18.2 Å². The molecular formula is C13H16F4N2O. The number of anilines is 1. The molecule has 2 N–H and O–H groups in total. The summed E-state index contributed by atoms with van der Waals surface area (Å²) < 4.78 is 51.1. The van der Waals surface area contributed by atoms with Gasteiger partial charge < -0.3 is 10.6 Å². The first-order valence-electron chi connectivity index (χ1n) is 5.91. The molecule has 1 aromatic carbocycles. The first-order chi connectivity index (χ1) is 9.00. The van der Waals surface area contributed by atoms with Gasteiger partial charge in [-0.1, -0.05) is 26.8 Å². The zero-order chi connectivity index (χ0) is 15.6. The summed E-state index contributed by atoms with van der Waals surface area (Å²) in [6.07, 6.45) is -4.80. The third-order valence-electron chi connectivity index (χ3n) is 2.33. The molecule has 0 spiro atoms. The van der Waals surface area contributed by atoms with Crippen molar-refractivity contribution in [2.45, 2.75) is 26.9 Å². The number of halogens is 4. The topological polar surface area (TPSA) is 41.1 Å². The second-order valence-electron chi connectivity index (χ2n) is 5.53. The smallest absolute Gasteiger partial charge is 0.337 e. The normalized spacial score (nSPS) is 12.2. The molecule has 2 amide bonds. The molecule has 0 aliphatic carbocycles. The standard InChI is InChI=1S/C13H16F4N2O/c1-12(2,3)7-18-11(20)19-9-6-4-5-8(10(9)14)13(15,16)17/h4-6H,7H2,1-3H3,(H2,18,19,20). The summed E-state index contributed by atoms with van der Waals surface area (Å²) in [5.74, 6) is -1.49. The van der Waals surface area contributed by atoms with E-state index in [4.69, 9.17) is 0 Å². The summed E-state index contributed by atoms with van der Waals surface area (Å²) in [7, 11) is 0. The van der Waals surface area contributed by atoms with E-state index in [2.05, 4.69) is 10.6 Å². The number of benzene rings is 1. The monoisotopic (exact) mass is 292 g/mol. The maximum atomic E-state index is 13.6. The van der Waals surface area contributed by atoms with E-state index in [1.807, 2.05) is 20.8 Å². The third kappa shape index (κ3) is 4.71. The van der Waals surface area contributed by atoms with E-state index in [9.17, 15) is 22.4 Å². The van der Waals surface area contributed by atoms with Crippen molar-refractivity contribution in [1.29, 1.82) is 0 Å². The first-order valence-corrected chi connectivity index (χ1v) is 5.91. The molecule has 1 rings (SSSR count). The van der Waals surface area contributed by atoms with Crippen molar-refractivity contribution in [1.82, 2.24) is 5.32 Å². The van der Waals surface area contributed by atoms with Crippen LogP contribution in [0.25, 0.3) is 0 Å². The van der Waals surface area contributed by atoms with Gasteiger partial charge in [0, 0.05) is 6.54 Å². The number of alkyl halides is 3. The fourth-order valence-electron chi connectivity index (χ4n) is 1.36. The highest BCUT2D eigenvalue weighted by Crippen LogP contribution is 2.33. The van der Waals surface area contributed by atoms with Crippen LogP contribution < -0.4 is 10.6 Å². The second kappa shape index (κ2) is 5.68. The van der Waals surface area contributed by atoms with E-state index in [1.165, 1.54) is 0 Å². The lowest BCUT2D eigenvalue weighted by Gasteiger charge is -2.19. The Kier molecular flexibility index (Phi) is 4.62. The molecule has 0 saturated carbocycles. The summed E-state index contributed by atoms with van der Waals surface area (Å²) in [5, 5.41) is 4.53. The molecule has 3 nitrogen and oxygen atoms in total. The average Bonchev–Trinajstić information content (AvgIpc) is 2.27. The van der Waals surface area contributed by atoms with Gasteiger partial charge in [-0.15, -0.1) is 0 Å². The van der Waals surface area contributed by atoms with Gasteiger partial charge in [0.05, 0.1) is 11.3 Å². The lowest BCUT2D eigenvalue weighted by molar-refractivity contribution is -0.139. The van der Waals surface area contributed by atoms with Gasteiger partial charge in [0.2, 0.25) is 0 Å². The van der Waals surface area contributed by atoms with Crippen LogP contribution in [0.2, 0.25) is 0 Å².